The van der Waals surface area contributed by atoms with Gasteiger partial charge in [0, 0.05) is 46.4 Å². The molecule has 6 nitrogen and oxygen atoms in total. The number of hydrogen-bond donors (Lipinski definition) is 3. The van der Waals surface area contributed by atoms with Crippen LogP contribution in [0.1, 0.15) is 28.4 Å². The summed E-state index contributed by atoms with van der Waals surface area (Å²) in [7, 11) is 0. The number of nitrogens with one attached hydrogen (secondary N) is 1. The van der Waals surface area contributed by atoms with E-state index in [0.717, 1.165) is 22.3 Å². The first kappa shape index (κ1) is 21.5. The van der Waals surface area contributed by atoms with Crippen molar-refractivity contribution in [3.63, 3.8) is 0 Å². The van der Waals surface area contributed by atoms with Gasteiger partial charge in [0.05, 0.1) is 6.67 Å². The summed E-state index contributed by atoms with van der Waals surface area (Å²) in [5, 5.41) is 32.7. The predicted molar refractivity (Wildman–Crippen MR) is 127 cm³/mol. The van der Waals surface area contributed by atoms with E-state index >= 15 is 0 Å². The molecule has 3 aromatic rings. The van der Waals surface area contributed by atoms with E-state index in [1.165, 1.54) is 0 Å². The van der Waals surface area contributed by atoms with Gasteiger partial charge in [0.25, 0.3) is 0 Å². The van der Waals surface area contributed by atoms with Crippen molar-refractivity contribution in [2.75, 3.05) is 26.3 Å². The normalized spacial score (nSPS) is 30.0. The van der Waals surface area contributed by atoms with Gasteiger partial charge in [0.15, 0.2) is 11.4 Å². The Hall–Kier alpha value is -2.00. The first-order valence-corrected chi connectivity index (χ1v) is 11.8. The van der Waals surface area contributed by atoms with Crippen LogP contribution in [-0.2, 0) is 11.4 Å². The maximum atomic E-state index is 12.2. The van der Waals surface area contributed by atoms with Crippen LogP contribution in [0.5, 0.6) is 0 Å². The molecule has 2 fully saturated rings. The Morgan fingerprint density at radius 1 is 0.818 bits per heavy atom. The Balaban J connectivity index is 1.43. The highest BCUT2D eigenvalue weighted by Gasteiger charge is 2.58. The molecular formula is C25H24Cl2N4O2. The molecular weight excluding hydrogens is 459 g/mol. The summed E-state index contributed by atoms with van der Waals surface area (Å²) in [5.74, 6) is 0. The summed E-state index contributed by atoms with van der Waals surface area (Å²) in [5.41, 5.74) is 0.913. The third-order valence-electron chi connectivity index (χ3n) is 7.10. The minimum Gasteiger partial charge on any atom is -0.369 e. The molecule has 33 heavy (non-hydrogen) atoms. The highest BCUT2D eigenvalue weighted by atomic mass is 35.5. The molecule has 0 spiro atoms. The standard InChI is InChI=1S/C25H24Cl2N4O2/c26-19-9-5-17(6-10-19)24(32)15-28-16-31(24)30-14-13-29-23(30)21-3-1-2-4-22(21)25(29,33)18-7-11-20(27)12-8-18/h1-12,23,28,32-33H,13-16H2. The van der Waals surface area contributed by atoms with Crippen LogP contribution in [0.25, 0.3) is 0 Å². The van der Waals surface area contributed by atoms with E-state index in [4.69, 9.17) is 23.2 Å². The molecule has 3 atom stereocenters. The number of hydrogen-bond acceptors (Lipinski definition) is 6. The van der Waals surface area contributed by atoms with Crippen molar-refractivity contribution in [3.05, 3.63) is 105 Å². The number of fused-ring (bicyclic) bond motifs is 3. The predicted octanol–water partition coefficient (Wildman–Crippen LogP) is 3.44. The third kappa shape index (κ3) is 3.11. The fourth-order valence-electron chi connectivity index (χ4n) is 5.56. The third-order valence-corrected chi connectivity index (χ3v) is 7.61. The number of β-amino-alcohol motifs (C(OH)–C–C–N with tert-alkyl or cyclic N) is 1. The Kier molecular flexibility index (Phi) is 5.07. The van der Waals surface area contributed by atoms with Gasteiger partial charge >= 0.3 is 0 Å². The van der Waals surface area contributed by atoms with Crippen molar-refractivity contribution in [2.24, 2.45) is 0 Å². The van der Waals surface area contributed by atoms with Crippen LogP contribution in [0.2, 0.25) is 10.0 Å². The highest BCUT2D eigenvalue weighted by molar-refractivity contribution is 6.30. The topological polar surface area (TPSA) is 62.2 Å². The number of benzene rings is 3. The van der Waals surface area contributed by atoms with Crippen LogP contribution in [0.15, 0.2) is 72.8 Å². The van der Waals surface area contributed by atoms with Gasteiger partial charge in [-0.25, -0.2) is 9.91 Å². The average molecular weight is 483 g/mol. The van der Waals surface area contributed by atoms with Crippen LogP contribution >= 0.6 is 23.2 Å². The number of rotatable bonds is 3. The minimum absolute atomic E-state index is 0.222. The maximum Gasteiger partial charge on any atom is 0.173 e. The Bertz CT molecular complexity index is 1190. The van der Waals surface area contributed by atoms with Gasteiger partial charge in [-0.3, -0.25) is 5.32 Å². The largest absolute Gasteiger partial charge is 0.369 e. The summed E-state index contributed by atoms with van der Waals surface area (Å²) in [6.45, 7) is 2.17. The molecule has 3 unspecified atom stereocenters. The minimum atomic E-state index is -1.29. The lowest BCUT2D eigenvalue weighted by atomic mass is 9.93. The SMILES string of the molecule is OC1(c2ccc(Cl)cc2)CNCN1N1CCN2C1c1ccccc1C2(O)c1ccc(Cl)cc1. The fraction of sp³-hybridized carbons (Fsp3) is 0.280. The molecule has 0 radical (unpaired) electrons. The van der Waals surface area contributed by atoms with Crippen molar-refractivity contribution < 1.29 is 10.2 Å². The van der Waals surface area contributed by atoms with Gasteiger partial charge in [0.2, 0.25) is 0 Å². The van der Waals surface area contributed by atoms with Crippen molar-refractivity contribution in [2.45, 2.75) is 17.6 Å². The summed E-state index contributed by atoms with van der Waals surface area (Å²) in [6, 6.07) is 22.7. The lowest BCUT2D eigenvalue weighted by Gasteiger charge is -2.42. The molecule has 0 aliphatic carbocycles. The van der Waals surface area contributed by atoms with Gasteiger partial charge in [-0.05, 0) is 29.8 Å². The molecule has 3 heterocycles. The second-order valence-electron chi connectivity index (χ2n) is 8.80. The molecule has 0 aromatic heterocycles. The summed E-state index contributed by atoms with van der Waals surface area (Å²) >= 11 is 12.2. The van der Waals surface area contributed by atoms with Crippen LogP contribution in [-0.4, -0.2) is 51.4 Å². The second-order valence-corrected chi connectivity index (χ2v) is 9.68. The number of halogens is 2. The molecule has 3 aromatic carbocycles. The van der Waals surface area contributed by atoms with Crippen LogP contribution < -0.4 is 5.32 Å². The van der Waals surface area contributed by atoms with E-state index < -0.39 is 11.4 Å². The van der Waals surface area contributed by atoms with E-state index in [-0.39, 0.29) is 6.17 Å². The van der Waals surface area contributed by atoms with Crippen molar-refractivity contribution in [1.29, 1.82) is 0 Å². The first-order chi connectivity index (χ1) is 15.9. The molecule has 2 saturated heterocycles. The van der Waals surface area contributed by atoms with Crippen molar-refractivity contribution in [3.8, 4) is 0 Å². The van der Waals surface area contributed by atoms with Crippen LogP contribution in [0.4, 0.5) is 0 Å². The average Bonchev–Trinajstić information content (AvgIpc) is 3.49. The number of nitrogens with zero attached hydrogens (tertiary/aromatic N) is 3. The van der Waals surface area contributed by atoms with Gasteiger partial charge in [0.1, 0.15) is 6.17 Å². The van der Waals surface area contributed by atoms with E-state index in [0.29, 0.717) is 36.3 Å². The zero-order valence-electron chi connectivity index (χ0n) is 17.8. The Morgan fingerprint density at radius 2 is 1.45 bits per heavy atom. The lowest BCUT2D eigenvalue weighted by Crippen LogP contribution is -2.53. The highest BCUT2D eigenvalue weighted by Crippen LogP contribution is 2.53. The summed E-state index contributed by atoms with van der Waals surface area (Å²) in [4.78, 5) is 2.10. The summed E-state index contributed by atoms with van der Waals surface area (Å²) < 4.78 is 0. The quantitative estimate of drug-likeness (QED) is 0.531. The van der Waals surface area contributed by atoms with E-state index in [1.807, 2.05) is 59.6 Å². The molecule has 0 bridgehead atoms. The zero-order valence-corrected chi connectivity index (χ0v) is 19.3. The first-order valence-electron chi connectivity index (χ1n) is 11.0. The Labute approximate surface area is 202 Å². The van der Waals surface area contributed by atoms with Gasteiger partial charge < -0.3 is 10.2 Å². The van der Waals surface area contributed by atoms with Crippen LogP contribution in [0, 0.1) is 0 Å². The monoisotopic (exact) mass is 482 g/mol. The lowest BCUT2D eigenvalue weighted by molar-refractivity contribution is -0.213. The number of aliphatic hydroxyl groups is 2. The van der Waals surface area contributed by atoms with E-state index in [2.05, 4.69) is 21.3 Å². The molecule has 8 heteroatoms. The van der Waals surface area contributed by atoms with Crippen LogP contribution in [0.3, 0.4) is 0 Å². The van der Waals surface area contributed by atoms with E-state index in [9.17, 15) is 10.2 Å². The Morgan fingerprint density at radius 3 is 2.15 bits per heavy atom. The fourth-order valence-corrected chi connectivity index (χ4v) is 5.81. The molecule has 3 aliphatic rings. The molecule has 170 valence electrons. The number of hydrazine groups is 1. The molecule has 6 rings (SSSR count). The summed E-state index contributed by atoms with van der Waals surface area (Å²) in [6.07, 6.45) is -0.222. The molecule has 0 saturated carbocycles. The smallest absolute Gasteiger partial charge is 0.173 e. The van der Waals surface area contributed by atoms with Gasteiger partial charge in [-0.1, -0.05) is 71.7 Å². The molecule has 3 N–H and O–H groups in total. The van der Waals surface area contributed by atoms with E-state index in [1.54, 1.807) is 12.1 Å². The molecule has 3 aliphatic heterocycles. The van der Waals surface area contributed by atoms with Crippen molar-refractivity contribution >= 4 is 23.2 Å². The zero-order chi connectivity index (χ0) is 22.8. The van der Waals surface area contributed by atoms with Gasteiger partial charge in [-0.15, -0.1) is 0 Å². The molecule has 0 amide bonds. The second kappa shape index (κ2) is 7.77. The van der Waals surface area contributed by atoms with Crippen molar-refractivity contribution in [1.82, 2.24) is 20.2 Å². The maximum absolute atomic E-state index is 12.2. The van der Waals surface area contributed by atoms with Gasteiger partial charge in [-0.2, -0.15) is 5.01 Å².